The Balaban J connectivity index is 1.96. The number of nitrogens with zero attached hydrogens (tertiary/aromatic N) is 2. The maximum Gasteiger partial charge on any atom is 0.252 e. The third kappa shape index (κ3) is 3.83. The van der Waals surface area contributed by atoms with E-state index in [2.05, 4.69) is 10.3 Å². The van der Waals surface area contributed by atoms with Crippen molar-refractivity contribution in [3.05, 3.63) is 87.7 Å². The van der Waals surface area contributed by atoms with Crippen LogP contribution >= 0.6 is 23.2 Å². The third-order valence-corrected chi connectivity index (χ3v) is 4.49. The van der Waals surface area contributed by atoms with Gasteiger partial charge >= 0.3 is 0 Å². The van der Waals surface area contributed by atoms with Crippen LogP contribution < -0.4 is 5.32 Å². The van der Waals surface area contributed by atoms with Crippen molar-refractivity contribution in [2.75, 3.05) is 0 Å². The first-order valence-corrected chi connectivity index (χ1v) is 8.20. The summed E-state index contributed by atoms with van der Waals surface area (Å²) >= 11 is 11.9. The minimum Gasteiger partial charge on any atom is -0.338 e. The normalized spacial score (nSPS) is 12.0. The summed E-state index contributed by atoms with van der Waals surface area (Å²) in [4.78, 5) is 16.9. The van der Waals surface area contributed by atoms with E-state index in [-0.39, 0.29) is 16.7 Å². The highest BCUT2D eigenvalue weighted by Gasteiger charge is 2.22. The average molecular weight is 378 g/mol. The number of hydrogen-bond acceptors (Lipinski definition) is 2. The van der Waals surface area contributed by atoms with Gasteiger partial charge < -0.3 is 9.88 Å². The van der Waals surface area contributed by atoms with Crippen molar-refractivity contribution in [2.24, 2.45) is 7.05 Å². The molecule has 1 N–H and O–H groups in total. The van der Waals surface area contributed by atoms with E-state index in [0.717, 1.165) is 0 Å². The number of aryl methyl sites for hydroxylation is 1. The first-order chi connectivity index (χ1) is 12.0. The Morgan fingerprint density at radius 2 is 2.00 bits per heavy atom. The number of imidazole rings is 1. The molecular weight excluding hydrogens is 364 g/mol. The summed E-state index contributed by atoms with van der Waals surface area (Å²) in [7, 11) is 1.81. The van der Waals surface area contributed by atoms with E-state index in [1.807, 2.05) is 0 Å². The van der Waals surface area contributed by atoms with E-state index in [9.17, 15) is 9.18 Å². The Morgan fingerprint density at radius 1 is 1.20 bits per heavy atom. The number of amides is 1. The van der Waals surface area contributed by atoms with Crippen molar-refractivity contribution in [3.8, 4) is 0 Å². The fraction of sp³-hybridized carbons (Fsp3) is 0.111. The molecule has 0 spiro atoms. The summed E-state index contributed by atoms with van der Waals surface area (Å²) in [6.07, 6.45) is 3.37. The molecule has 0 saturated carbocycles. The number of hydrogen-bond donors (Lipinski definition) is 1. The quantitative estimate of drug-likeness (QED) is 0.732. The maximum absolute atomic E-state index is 13.7. The molecule has 3 rings (SSSR count). The van der Waals surface area contributed by atoms with E-state index >= 15 is 0 Å². The first-order valence-electron chi connectivity index (χ1n) is 7.44. The summed E-state index contributed by atoms with van der Waals surface area (Å²) in [5.41, 5.74) is 0.938. The number of carbonyl (C=O) groups is 1. The van der Waals surface area contributed by atoms with E-state index in [4.69, 9.17) is 23.2 Å². The predicted molar refractivity (Wildman–Crippen MR) is 95.4 cm³/mol. The van der Waals surface area contributed by atoms with Crippen LogP contribution in [0.4, 0.5) is 4.39 Å². The van der Waals surface area contributed by atoms with Crippen molar-refractivity contribution >= 4 is 29.1 Å². The lowest BCUT2D eigenvalue weighted by Crippen LogP contribution is -2.31. The number of rotatable bonds is 4. The number of carbonyl (C=O) groups excluding carboxylic acids is 1. The highest BCUT2D eigenvalue weighted by atomic mass is 35.5. The van der Waals surface area contributed by atoms with Gasteiger partial charge in [-0.25, -0.2) is 9.37 Å². The molecule has 0 bridgehead atoms. The lowest BCUT2D eigenvalue weighted by molar-refractivity contribution is 0.0941. The molecule has 0 saturated heterocycles. The largest absolute Gasteiger partial charge is 0.338 e. The van der Waals surface area contributed by atoms with Gasteiger partial charge in [0.15, 0.2) is 0 Å². The van der Waals surface area contributed by atoms with E-state index < -0.39 is 6.04 Å². The molecule has 0 aliphatic heterocycles. The van der Waals surface area contributed by atoms with E-state index in [1.54, 1.807) is 48.3 Å². The van der Waals surface area contributed by atoms with E-state index in [0.29, 0.717) is 22.0 Å². The van der Waals surface area contributed by atoms with Crippen LogP contribution in [0.5, 0.6) is 0 Å². The Hall–Kier alpha value is -2.37. The van der Waals surface area contributed by atoms with Gasteiger partial charge in [-0.2, -0.15) is 0 Å². The summed E-state index contributed by atoms with van der Waals surface area (Å²) in [5, 5.41) is 3.53. The second-order valence-electron chi connectivity index (χ2n) is 5.49. The fourth-order valence-corrected chi connectivity index (χ4v) is 2.79. The Kier molecular flexibility index (Phi) is 5.06. The van der Waals surface area contributed by atoms with Gasteiger partial charge in [0.25, 0.3) is 5.91 Å². The maximum atomic E-state index is 13.7. The molecule has 0 unspecified atom stereocenters. The topological polar surface area (TPSA) is 46.9 Å². The van der Waals surface area contributed by atoms with Crippen molar-refractivity contribution in [3.63, 3.8) is 0 Å². The Morgan fingerprint density at radius 3 is 2.64 bits per heavy atom. The second-order valence-corrected chi connectivity index (χ2v) is 6.30. The zero-order valence-corrected chi connectivity index (χ0v) is 14.7. The summed E-state index contributed by atoms with van der Waals surface area (Å²) < 4.78 is 15.4. The van der Waals surface area contributed by atoms with Crippen LogP contribution in [-0.4, -0.2) is 15.5 Å². The Labute approximate surface area is 154 Å². The van der Waals surface area contributed by atoms with Gasteiger partial charge in [-0.15, -0.1) is 0 Å². The molecule has 0 aliphatic rings. The minimum absolute atomic E-state index is 0.286. The monoisotopic (exact) mass is 377 g/mol. The lowest BCUT2D eigenvalue weighted by Gasteiger charge is -2.19. The molecule has 0 radical (unpaired) electrons. The SMILES string of the molecule is Cn1ccnc1[C@@H](NC(=O)c1ccc(Cl)c(Cl)c1)c1cccc(F)c1. The number of halogens is 3. The molecule has 0 aliphatic carbocycles. The summed E-state index contributed by atoms with van der Waals surface area (Å²) in [6.45, 7) is 0. The third-order valence-electron chi connectivity index (χ3n) is 3.76. The van der Waals surface area contributed by atoms with Crippen LogP contribution in [-0.2, 0) is 7.05 Å². The van der Waals surface area contributed by atoms with Gasteiger partial charge in [0.2, 0.25) is 0 Å². The van der Waals surface area contributed by atoms with Crippen LogP contribution in [0.25, 0.3) is 0 Å². The van der Waals surface area contributed by atoms with Crippen LogP contribution in [0.2, 0.25) is 10.0 Å². The average Bonchev–Trinajstić information content (AvgIpc) is 3.00. The fourth-order valence-electron chi connectivity index (χ4n) is 2.49. The van der Waals surface area contributed by atoms with E-state index in [1.165, 1.54) is 18.2 Å². The van der Waals surface area contributed by atoms with Gasteiger partial charge in [0, 0.05) is 25.0 Å². The molecule has 4 nitrogen and oxygen atoms in total. The second kappa shape index (κ2) is 7.25. The summed E-state index contributed by atoms with van der Waals surface area (Å²) in [5.74, 6) is -0.171. The summed E-state index contributed by atoms with van der Waals surface area (Å²) in [6, 6.07) is 10.0. The van der Waals surface area contributed by atoms with Crippen molar-refractivity contribution in [1.82, 2.24) is 14.9 Å². The highest BCUT2D eigenvalue weighted by molar-refractivity contribution is 6.42. The number of benzene rings is 2. The minimum atomic E-state index is -0.613. The van der Waals surface area contributed by atoms with Crippen molar-refractivity contribution < 1.29 is 9.18 Å². The molecule has 1 atom stereocenters. The molecule has 3 aromatic rings. The van der Waals surface area contributed by atoms with Crippen LogP contribution in [0.1, 0.15) is 27.8 Å². The van der Waals surface area contributed by atoms with Crippen molar-refractivity contribution in [2.45, 2.75) is 6.04 Å². The standard InChI is InChI=1S/C18H14Cl2FN3O/c1-24-8-7-22-17(24)16(11-3-2-4-13(21)9-11)23-18(25)12-5-6-14(19)15(20)10-12/h2-10,16H,1H3,(H,23,25)/t16-/m0/s1. The molecule has 1 amide bonds. The van der Waals surface area contributed by atoms with Crippen molar-refractivity contribution in [1.29, 1.82) is 0 Å². The predicted octanol–water partition coefficient (Wildman–Crippen LogP) is 4.39. The zero-order valence-electron chi connectivity index (χ0n) is 13.2. The van der Waals surface area contributed by atoms with Gasteiger partial charge in [-0.05, 0) is 35.9 Å². The Bertz CT molecular complexity index is 926. The van der Waals surface area contributed by atoms with Crippen LogP contribution in [0.3, 0.4) is 0 Å². The molecular formula is C18H14Cl2FN3O. The molecule has 2 aromatic carbocycles. The zero-order chi connectivity index (χ0) is 18.0. The molecule has 1 aromatic heterocycles. The number of nitrogens with one attached hydrogen (secondary N) is 1. The molecule has 7 heteroatoms. The lowest BCUT2D eigenvalue weighted by atomic mass is 10.0. The van der Waals surface area contributed by atoms with Gasteiger partial charge in [0.05, 0.1) is 10.0 Å². The molecule has 0 fully saturated rings. The number of aromatic nitrogens is 2. The van der Waals surface area contributed by atoms with Crippen LogP contribution in [0, 0.1) is 5.82 Å². The molecule has 1 heterocycles. The van der Waals surface area contributed by atoms with Gasteiger partial charge in [0.1, 0.15) is 17.7 Å². The van der Waals surface area contributed by atoms with Crippen LogP contribution in [0.15, 0.2) is 54.9 Å². The molecule has 128 valence electrons. The van der Waals surface area contributed by atoms with Gasteiger partial charge in [-0.1, -0.05) is 35.3 Å². The van der Waals surface area contributed by atoms with Gasteiger partial charge in [-0.3, -0.25) is 4.79 Å². The molecule has 25 heavy (non-hydrogen) atoms. The smallest absolute Gasteiger partial charge is 0.252 e. The highest BCUT2D eigenvalue weighted by Crippen LogP contribution is 2.25. The first kappa shape index (κ1) is 17.5.